The lowest BCUT2D eigenvalue weighted by Crippen LogP contribution is -2.49. The summed E-state index contributed by atoms with van der Waals surface area (Å²) < 4.78 is 0. The molecule has 0 fully saturated rings. The molecule has 0 aromatic heterocycles. The van der Waals surface area contributed by atoms with Crippen molar-refractivity contribution >= 4 is 23.9 Å². The number of hydrogen-bond donors (Lipinski definition) is 12. The van der Waals surface area contributed by atoms with Crippen LogP contribution in [0.4, 0.5) is 0 Å². The molecule has 16 nitrogen and oxygen atoms in total. The second-order valence-electron chi connectivity index (χ2n) is 5.09. The van der Waals surface area contributed by atoms with Crippen LogP contribution in [-0.2, 0) is 19.2 Å². The van der Waals surface area contributed by atoms with Gasteiger partial charge < -0.3 is 61.3 Å². The molecule has 16 heteroatoms. The minimum atomic E-state index is -2.36. The zero-order valence-electron chi connectivity index (χ0n) is 13.6. The molecule has 0 bridgehead atoms. The van der Waals surface area contributed by atoms with Gasteiger partial charge in [0.15, 0.2) is 24.4 Å². The molecular weight excluding hydrogens is 400 g/mol. The molecule has 0 heterocycles. The molecule has 0 aliphatic carbocycles. The summed E-state index contributed by atoms with van der Waals surface area (Å²) in [4.78, 5) is 40.3. The number of aliphatic hydroxyl groups excluding tert-OH is 8. The molecule has 0 radical (unpaired) electrons. The quantitative estimate of drug-likeness (QED) is 0.156. The molecule has 28 heavy (non-hydrogen) atoms. The Balaban J connectivity index is 0. The first-order valence-electron chi connectivity index (χ1n) is 6.93. The Morgan fingerprint density at radius 3 is 0.536 bits per heavy atom. The topological polar surface area (TPSA) is 311 Å². The number of carboxylic acids is 4. The average Bonchev–Trinajstić information content (AvgIpc) is 2.62. The van der Waals surface area contributed by atoms with E-state index in [9.17, 15) is 19.2 Å². The lowest BCUT2D eigenvalue weighted by Gasteiger charge is -2.21. The Morgan fingerprint density at radius 2 is 0.464 bits per heavy atom. The maximum atomic E-state index is 10.1. The third-order valence-corrected chi connectivity index (χ3v) is 3.01. The van der Waals surface area contributed by atoms with Crippen LogP contribution >= 0.6 is 0 Å². The Hall–Kier alpha value is -2.44. The number of hydrogen-bond acceptors (Lipinski definition) is 12. The van der Waals surface area contributed by atoms with Crippen molar-refractivity contribution in [3.8, 4) is 0 Å². The molecule has 0 saturated heterocycles. The van der Waals surface area contributed by atoms with Crippen molar-refractivity contribution in [1.82, 2.24) is 0 Å². The van der Waals surface area contributed by atoms with Crippen LogP contribution in [0.25, 0.3) is 0 Å². The Bertz CT molecular complexity index is 452. The fraction of sp³-hybridized carbons (Fsp3) is 0.667. The van der Waals surface area contributed by atoms with E-state index in [1.165, 1.54) is 0 Å². The van der Waals surface area contributed by atoms with E-state index in [1.807, 2.05) is 0 Å². The van der Waals surface area contributed by atoms with Gasteiger partial charge in [-0.1, -0.05) is 0 Å². The maximum absolute atomic E-state index is 10.1. The average molecular weight is 420 g/mol. The minimum absolute atomic E-state index is 1.84. The van der Waals surface area contributed by atoms with Crippen molar-refractivity contribution in [3.63, 3.8) is 0 Å². The Labute approximate surface area is 154 Å². The highest BCUT2D eigenvalue weighted by atomic mass is 16.4. The molecule has 0 unspecified atom stereocenters. The van der Waals surface area contributed by atoms with Crippen LogP contribution < -0.4 is 0 Å². The Morgan fingerprint density at radius 1 is 0.357 bits per heavy atom. The van der Waals surface area contributed by atoms with Gasteiger partial charge in [0, 0.05) is 0 Å². The second kappa shape index (κ2) is 12.1. The van der Waals surface area contributed by atoms with E-state index in [1.54, 1.807) is 0 Å². The number of carboxylic acid groups (broad SMARTS) is 4. The van der Waals surface area contributed by atoms with Crippen molar-refractivity contribution < 1.29 is 80.5 Å². The van der Waals surface area contributed by atoms with Gasteiger partial charge in [0.05, 0.1) is 0 Å². The highest BCUT2D eigenvalue weighted by Crippen LogP contribution is 2.06. The SMILES string of the molecule is O=C(O)[C@@H](O)[C@@H](O)[C@H](O)[C@@H](O)C(=O)O.O=C(O)[C@@H](O)[C@@H](O)[C@H](O)[C@@H](O)C(=O)O. The highest BCUT2D eigenvalue weighted by Gasteiger charge is 2.38. The van der Waals surface area contributed by atoms with Crippen LogP contribution in [0.2, 0.25) is 0 Å². The van der Waals surface area contributed by atoms with Gasteiger partial charge in [0.2, 0.25) is 0 Å². The van der Waals surface area contributed by atoms with E-state index in [4.69, 9.17) is 61.3 Å². The monoisotopic (exact) mass is 420 g/mol. The standard InChI is InChI=1S/2C6H10O8/c2*7-1(3(9)5(11)12)2(8)4(10)6(13)14/h2*1-4,7-10H,(H,11,12)(H,13,14)/t2*1-,2-,3-,4+/m00/s1. The number of rotatable bonds is 10. The molecule has 0 aromatic carbocycles. The zero-order valence-corrected chi connectivity index (χ0v) is 13.6. The van der Waals surface area contributed by atoms with E-state index in [-0.39, 0.29) is 0 Å². The molecule has 0 aliphatic heterocycles. The second-order valence-corrected chi connectivity index (χ2v) is 5.09. The van der Waals surface area contributed by atoms with E-state index in [0.717, 1.165) is 0 Å². The summed E-state index contributed by atoms with van der Waals surface area (Å²) in [6, 6.07) is 0. The van der Waals surface area contributed by atoms with E-state index in [2.05, 4.69) is 0 Å². The lowest BCUT2D eigenvalue weighted by molar-refractivity contribution is -0.172. The first-order valence-corrected chi connectivity index (χ1v) is 6.93. The van der Waals surface area contributed by atoms with Crippen LogP contribution in [0.15, 0.2) is 0 Å². The zero-order chi connectivity index (χ0) is 22.9. The summed E-state index contributed by atoms with van der Waals surface area (Å²) in [5.74, 6) is -7.36. The van der Waals surface area contributed by atoms with Crippen molar-refractivity contribution in [1.29, 1.82) is 0 Å². The fourth-order valence-electron chi connectivity index (χ4n) is 1.33. The van der Waals surface area contributed by atoms with E-state index >= 15 is 0 Å². The summed E-state index contributed by atoms with van der Waals surface area (Å²) >= 11 is 0. The van der Waals surface area contributed by atoms with Gasteiger partial charge in [-0.3, -0.25) is 0 Å². The van der Waals surface area contributed by atoms with Gasteiger partial charge in [0.1, 0.15) is 24.4 Å². The number of aliphatic carboxylic acids is 4. The lowest BCUT2D eigenvalue weighted by atomic mass is 10.0. The van der Waals surface area contributed by atoms with Gasteiger partial charge >= 0.3 is 23.9 Å². The number of carbonyl (C=O) groups is 4. The molecule has 164 valence electrons. The first kappa shape index (κ1) is 27.8. The van der Waals surface area contributed by atoms with Gasteiger partial charge in [-0.2, -0.15) is 0 Å². The summed E-state index contributed by atoms with van der Waals surface area (Å²) in [5.41, 5.74) is 0. The summed E-state index contributed by atoms with van der Waals surface area (Å²) in [6.07, 6.45) is -18.6. The molecule has 8 atom stereocenters. The van der Waals surface area contributed by atoms with Gasteiger partial charge in [-0.05, 0) is 0 Å². The largest absolute Gasteiger partial charge is 0.479 e. The smallest absolute Gasteiger partial charge is 0.335 e. The molecule has 0 spiro atoms. The third kappa shape index (κ3) is 8.50. The summed E-state index contributed by atoms with van der Waals surface area (Å²) in [7, 11) is 0. The van der Waals surface area contributed by atoms with Gasteiger partial charge in [0.25, 0.3) is 0 Å². The Kier molecular flexibility index (Phi) is 12.0. The fourth-order valence-corrected chi connectivity index (χ4v) is 1.33. The first-order chi connectivity index (χ1) is 12.6. The summed E-state index contributed by atoms with van der Waals surface area (Å²) in [5, 5.41) is 103. The summed E-state index contributed by atoms with van der Waals surface area (Å²) in [6.45, 7) is 0. The van der Waals surface area contributed by atoms with Gasteiger partial charge in [-0.15, -0.1) is 0 Å². The van der Waals surface area contributed by atoms with Crippen molar-refractivity contribution in [3.05, 3.63) is 0 Å². The predicted octanol–water partition coefficient (Wildman–Crippen LogP) is -6.80. The third-order valence-electron chi connectivity index (χ3n) is 3.01. The van der Waals surface area contributed by atoms with Crippen LogP contribution in [0.1, 0.15) is 0 Å². The van der Waals surface area contributed by atoms with Crippen LogP contribution in [0.3, 0.4) is 0 Å². The number of aliphatic hydroxyl groups is 8. The molecule has 0 saturated carbocycles. The van der Waals surface area contributed by atoms with E-state index < -0.39 is 72.7 Å². The normalized spacial score (nSPS) is 19.4. The molecule has 0 aliphatic rings. The van der Waals surface area contributed by atoms with Crippen LogP contribution in [0, 0.1) is 0 Å². The van der Waals surface area contributed by atoms with E-state index in [0.29, 0.717) is 0 Å². The molecule has 0 rings (SSSR count). The van der Waals surface area contributed by atoms with Crippen molar-refractivity contribution in [2.45, 2.75) is 48.8 Å². The molecule has 0 aromatic rings. The van der Waals surface area contributed by atoms with Crippen LogP contribution in [0.5, 0.6) is 0 Å². The van der Waals surface area contributed by atoms with Gasteiger partial charge in [-0.25, -0.2) is 19.2 Å². The predicted molar refractivity (Wildman–Crippen MR) is 78.6 cm³/mol. The molecular formula is C12H20O16. The molecule has 0 amide bonds. The highest BCUT2D eigenvalue weighted by molar-refractivity contribution is 5.75. The van der Waals surface area contributed by atoms with Crippen LogP contribution in [-0.4, -0.2) is 134 Å². The van der Waals surface area contributed by atoms with Crippen molar-refractivity contribution in [2.24, 2.45) is 0 Å². The van der Waals surface area contributed by atoms with Crippen molar-refractivity contribution in [2.75, 3.05) is 0 Å². The minimum Gasteiger partial charge on any atom is -0.479 e. The maximum Gasteiger partial charge on any atom is 0.335 e. The molecule has 12 N–H and O–H groups in total.